The smallest absolute Gasteiger partial charge is 0.247 e. The van der Waals surface area contributed by atoms with Crippen LogP contribution in [0.25, 0.3) is 0 Å². The summed E-state index contributed by atoms with van der Waals surface area (Å²) in [6.07, 6.45) is 1.16. The van der Waals surface area contributed by atoms with Crippen LogP contribution < -0.4 is 10.6 Å². The SMILES string of the molecule is CC(C)C[C@@]12NC(=O)[C@H](CC1(c1ccccc1)c1ccccc1)NC2=O. The van der Waals surface area contributed by atoms with E-state index < -0.39 is 17.0 Å². The van der Waals surface area contributed by atoms with Crippen LogP contribution in [-0.4, -0.2) is 23.4 Å². The van der Waals surface area contributed by atoms with Gasteiger partial charge in [0.05, 0.1) is 5.41 Å². The molecule has 26 heavy (non-hydrogen) atoms. The van der Waals surface area contributed by atoms with Gasteiger partial charge in [-0.15, -0.1) is 0 Å². The van der Waals surface area contributed by atoms with Crippen molar-refractivity contribution in [1.29, 1.82) is 0 Å². The zero-order valence-electron chi connectivity index (χ0n) is 15.2. The van der Waals surface area contributed by atoms with Crippen LogP contribution in [0.4, 0.5) is 0 Å². The van der Waals surface area contributed by atoms with Gasteiger partial charge in [-0.3, -0.25) is 9.59 Å². The molecule has 2 amide bonds. The molecule has 4 heteroatoms. The maximum absolute atomic E-state index is 13.3. The lowest BCUT2D eigenvalue weighted by atomic mass is 9.52. The largest absolute Gasteiger partial charge is 0.342 e. The number of benzene rings is 2. The van der Waals surface area contributed by atoms with Crippen molar-refractivity contribution in [2.24, 2.45) is 5.92 Å². The number of rotatable bonds is 4. The van der Waals surface area contributed by atoms with E-state index in [0.717, 1.165) is 11.1 Å². The summed E-state index contributed by atoms with van der Waals surface area (Å²) in [5.74, 6) is 0.102. The molecular formula is C22H24N2O2. The Labute approximate surface area is 154 Å². The predicted molar refractivity (Wildman–Crippen MR) is 101 cm³/mol. The van der Waals surface area contributed by atoms with Gasteiger partial charge < -0.3 is 10.6 Å². The number of piperazine rings is 1. The summed E-state index contributed by atoms with van der Waals surface area (Å²) in [5.41, 5.74) is 0.578. The summed E-state index contributed by atoms with van der Waals surface area (Å²) < 4.78 is 0. The van der Waals surface area contributed by atoms with E-state index in [4.69, 9.17) is 0 Å². The summed E-state index contributed by atoms with van der Waals surface area (Å²) >= 11 is 0. The molecule has 5 rings (SSSR count). The average Bonchev–Trinajstić information content (AvgIpc) is 2.64. The van der Waals surface area contributed by atoms with Crippen molar-refractivity contribution in [3.63, 3.8) is 0 Å². The van der Waals surface area contributed by atoms with Crippen molar-refractivity contribution in [1.82, 2.24) is 10.6 Å². The van der Waals surface area contributed by atoms with Crippen LogP contribution in [0.5, 0.6) is 0 Å². The number of fused-ring (bicyclic) bond motifs is 3. The summed E-state index contributed by atoms with van der Waals surface area (Å²) in [4.78, 5) is 25.9. The van der Waals surface area contributed by atoms with Crippen molar-refractivity contribution in [2.45, 2.75) is 43.7 Å². The zero-order valence-corrected chi connectivity index (χ0v) is 15.2. The van der Waals surface area contributed by atoms with Crippen molar-refractivity contribution in [3.8, 4) is 0 Å². The van der Waals surface area contributed by atoms with Crippen LogP contribution in [0.15, 0.2) is 60.7 Å². The molecular weight excluding hydrogens is 324 g/mol. The van der Waals surface area contributed by atoms with Crippen molar-refractivity contribution >= 4 is 11.8 Å². The molecule has 2 N–H and O–H groups in total. The molecule has 0 aromatic heterocycles. The maximum atomic E-state index is 13.3. The van der Waals surface area contributed by atoms with Gasteiger partial charge in [-0.2, -0.15) is 0 Å². The van der Waals surface area contributed by atoms with Crippen molar-refractivity contribution in [3.05, 3.63) is 71.8 Å². The highest BCUT2D eigenvalue weighted by molar-refractivity contribution is 6.04. The lowest BCUT2D eigenvalue weighted by Crippen LogP contribution is -2.82. The molecule has 0 spiro atoms. The summed E-state index contributed by atoms with van der Waals surface area (Å²) in [6.45, 7) is 4.19. The van der Waals surface area contributed by atoms with Gasteiger partial charge in [0.2, 0.25) is 11.8 Å². The third-order valence-corrected chi connectivity index (χ3v) is 5.83. The van der Waals surface area contributed by atoms with Gasteiger partial charge in [-0.05, 0) is 29.9 Å². The molecule has 2 aromatic carbocycles. The van der Waals surface area contributed by atoms with E-state index in [1.807, 2.05) is 36.4 Å². The summed E-state index contributed by atoms with van der Waals surface area (Å²) in [6, 6.07) is 19.8. The number of piperidine rings is 2. The van der Waals surface area contributed by atoms with Gasteiger partial charge in [0, 0.05) is 0 Å². The fourth-order valence-corrected chi connectivity index (χ4v) is 4.90. The molecule has 3 fully saturated rings. The van der Waals surface area contributed by atoms with Crippen LogP contribution in [0.1, 0.15) is 37.8 Å². The quantitative estimate of drug-likeness (QED) is 0.893. The van der Waals surface area contributed by atoms with Crippen LogP contribution in [-0.2, 0) is 15.0 Å². The molecule has 3 heterocycles. The number of carbonyl (C=O) groups excluding carboxylic acids is 2. The average molecular weight is 348 g/mol. The first-order valence-electron chi connectivity index (χ1n) is 9.24. The lowest BCUT2D eigenvalue weighted by molar-refractivity contribution is -0.152. The Kier molecular flexibility index (Phi) is 3.87. The second-order valence-electron chi connectivity index (χ2n) is 7.86. The second kappa shape index (κ2) is 5.97. The number of nitrogens with one attached hydrogen (secondary N) is 2. The molecule has 4 nitrogen and oxygen atoms in total. The zero-order chi connectivity index (χ0) is 18.4. The monoisotopic (exact) mass is 348 g/mol. The first-order valence-corrected chi connectivity index (χ1v) is 9.24. The lowest BCUT2D eigenvalue weighted by Gasteiger charge is -2.59. The minimum atomic E-state index is -0.990. The van der Waals surface area contributed by atoms with Crippen LogP contribution in [0.3, 0.4) is 0 Å². The minimum absolute atomic E-state index is 0.0743. The van der Waals surface area contributed by atoms with E-state index in [-0.39, 0.29) is 17.7 Å². The van der Waals surface area contributed by atoms with E-state index in [2.05, 4.69) is 48.7 Å². The molecule has 0 radical (unpaired) electrons. The van der Waals surface area contributed by atoms with Crippen LogP contribution in [0.2, 0.25) is 0 Å². The molecule has 3 aliphatic rings. The first kappa shape index (κ1) is 16.8. The number of hydrogen-bond acceptors (Lipinski definition) is 2. The highest BCUT2D eigenvalue weighted by Gasteiger charge is 2.66. The van der Waals surface area contributed by atoms with Gasteiger partial charge >= 0.3 is 0 Å². The third-order valence-electron chi connectivity index (χ3n) is 5.83. The summed E-state index contributed by atoms with van der Waals surface area (Å²) in [5, 5.41) is 6.10. The molecule has 2 atom stereocenters. The number of amides is 2. The molecule has 2 bridgehead atoms. The topological polar surface area (TPSA) is 58.2 Å². The van der Waals surface area contributed by atoms with E-state index in [1.54, 1.807) is 0 Å². The van der Waals surface area contributed by atoms with Gasteiger partial charge in [0.25, 0.3) is 0 Å². The van der Waals surface area contributed by atoms with E-state index in [1.165, 1.54) is 0 Å². The van der Waals surface area contributed by atoms with Gasteiger partial charge in [-0.1, -0.05) is 74.5 Å². The highest BCUT2D eigenvalue weighted by atomic mass is 16.2. The standard InChI is InChI=1S/C22H24N2O2/c1-15(2)13-22-20(26)23-18(19(25)24-22)14-21(22,16-9-5-3-6-10-16)17-11-7-4-8-12-17/h3-12,15,18H,13-14H2,1-2H3,(H,23,26)(H,24,25)/t18-,22-/m0/s1. The molecule has 0 aliphatic carbocycles. The fraction of sp³-hybridized carbons (Fsp3) is 0.364. The molecule has 0 saturated carbocycles. The molecule has 134 valence electrons. The van der Waals surface area contributed by atoms with E-state index in [0.29, 0.717) is 12.8 Å². The number of hydrogen-bond donors (Lipinski definition) is 2. The van der Waals surface area contributed by atoms with Gasteiger partial charge in [0.1, 0.15) is 11.6 Å². The molecule has 3 aliphatic heterocycles. The minimum Gasteiger partial charge on any atom is -0.342 e. The molecule has 0 unspecified atom stereocenters. The Hall–Kier alpha value is -2.62. The van der Waals surface area contributed by atoms with Crippen molar-refractivity contribution < 1.29 is 9.59 Å². The Morgan fingerprint density at radius 2 is 1.50 bits per heavy atom. The molecule has 2 aromatic rings. The third kappa shape index (κ3) is 2.21. The van der Waals surface area contributed by atoms with Gasteiger partial charge in [-0.25, -0.2) is 0 Å². The Morgan fingerprint density at radius 3 is 2.00 bits per heavy atom. The normalized spacial score (nSPS) is 26.5. The maximum Gasteiger partial charge on any atom is 0.247 e. The van der Waals surface area contributed by atoms with Gasteiger partial charge in [0.15, 0.2) is 0 Å². The van der Waals surface area contributed by atoms with E-state index in [9.17, 15) is 9.59 Å². The Balaban J connectivity index is 2.03. The van der Waals surface area contributed by atoms with Crippen molar-refractivity contribution in [2.75, 3.05) is 0 Å². The predicted octanol–water partition coefficient (Wildman–Crippen LogP) is 2.78. The van der Waals surface area contributed by atoms with Crippen LogP contribution in [0, 0.1) is 5.92 Å². The Bertz CT molecular complexity index is 792. The Morgan fingerprint density at radius 1 is 0.962 bits per heavy atom. The number of carbonyl (C=O) groups is 2. The van der Waals surface area contributed by atoms with Crippen LogP contribution >= 0.6 is 0 Å². The fourth-order valence-electron chi connectivity index (χ4n) is 4.90. The van der Waals surface area contributed by atoms with E-state index >= 15 is 0 Å². The molecule has 3 saturated heterocycles. The first-order chi connectivity index (χ1) is 12.5. The second-order valence-corrected chi connectivity index (χ2v) is 7.86. The highest BCUT2D eigenvalue weighted by Crippen LogP contribution is 2.52. The summed E-state index contributed by atoms with van der Waals surface area (Å²) in [7, 11) is 0.